The molecule has 1 unspecified atom stereocenters. The molecule has 0 amide bonds. The molecule has 0 aromatic rings. The number of ether oxygens (including phenoxy) is 1. The van der Waals surface area contributed by atoms with Crippen molar-refractivity contribution < 1.29 is 13.2 Å². The van der Waals surface area contributed by atoms with Crippen LogP contribution in [0.15, 0.2) is 0 Å². The lowest BCUT2D eigenvalue weighted by atomic mass is 10.3. The number of sulfonamides is 1. The van der Waals surface area contributed by atoms with E-state index in [0.717, 1.165) is 6.42 Å². The van der Waals surface area contributed by atoms with Gasteiger partial charge in [-0.05, 0) is 13.3 Å². The summed E-state index contributed by atoms with van der Waals surface area (Å²) in [6, 6.07) is 0. The van der Waals surface area contributed by atoms with Gasteiger partial charge in [-0.25, -0.2) is 13.6 Å². The predicted octanol–water partition coefficient (Wildman–Crippen LogP) is 0.0900. The normalized spacial score (nSPS) is 14.8. The summed E-state index contributed by atoms with van der Waals surface area (Å²) in [6.07, 6.45) is 0.988. The van der Waals surface area contributed by atoms with Gasteiger partial charge >= 0.3 is 0 Å². The first-order chi connectivity index (χ1) is 4.95. The van der Waals surface area contributed by atoms with E-state index in [2.05, 4.69) is 0 Å². The van der Waals surface area contributed by atoms with Gasteiger partial charge in [0.05, 0.1) is 18.5 Å². The van der Waals surface area contributed by atoms with Crippen molar-refractivity contribution in [2.45, 2.75) is 26.4 Å². The number of hydrogen-bond donors (Lipinski definition) is 1. The van der Waals surface area contributed by atoms with Crippen LogP contribution in [0.25, 0.3) is 0 Å². The minimum Gasteiger partial charge on any atom is -0.377 e. The number of hydrogen-bond acceptors (Lipinski definition) is 3. The van der Waals surface area contributed by atoms with Crippen LogP contribution < -0.4 is 5.14 Å². The molecule has 0 bridgehead atoms. The highest BCUT2D eigenvalue weighted by Gasteiger charge is 2.03. The van der Waals surface area contributed by atoms with Gasteiger partial charge < -0.3 is 4.74 Å². The minimum atomic E-state index is -3.35. The quantitative estimate of drug-likeness (QED) is 0.653. The van der Waals surface area contributed by atoms with Crippen LogP contribution in [0.2, 0.25) is 0 Å². The summed E-state index contributed by atoms with van der Waals surface area (Å²) in [5.74, 6) is -0.0999. The van der Waals surface area contributed by atoms with Crippen molar-refractivity contribution in [2.24, 2.45) is 5.14 Å². The summed E-state index contributed by atoms with van der Waals surface area (Å²) in [5, 5.41) is 4.76. The van der Waals surface area contributed by atoms with Gasteiger partial charge in [0.25, 0.3) is 0 Å². The Hall–Kier alpha value is -0.130. The van der Waals surface area contributed by atoms with Crippen molar-refractivity contribution in [3.63, 3.8) is 0 Å². The Labute approximate surface area is 67.8 Å². The van der Waals surface area contributed by atoms with Crippen LogP contribution in [-0.4, -0.2) is 26.9 Å². The summed E-state index contributed by atoms with van der Waals surface area (Å²) < 4.78 is 25.9. The van der Waals surface area contributed by atoms with Crippen LogP contribution in [-0.2, 0) is 14.8 Å². The van der Waals surface area contributed by atoms with E-state index in [1.54, 1.807) is 0 Å². The third-order valence-corrected chi connectivity index (χ3v) is 2.08. The molecule has 11 heavy (non-hydrogen) atoms. The van der Waals surface area contributed by atoms with E-state index in [9.17, 15) is 8.42 Å². The van der Waals surface area contributed by atoms with Gasteiger partial charge in [-0.2, -0.15) is 0 Å². The summed E-state index contributed by atoms with van der Waals surface area (Å²) in [7, 11) is -3.35. The lowest BCUT2D eigenvalue weighted by Crippen LogP contribution is -2.22. The summed E-state index contributed by atoms with van der Waals surface area (Å²) in [4.78, 5) is 0. The van der Waals surface area contributed by atoms with Gasteiger partial charge in [-0.3, -0.25) is 0 Å². The zero-order valence-corrected chi connectivity index (χ0v) is 7.73. The fourth-order valence-electron chi connectivity index (χ4n) is 0.483. The SMILES string of the molecule is CCC(C)OCCS(N)(=O)=O. The topological polar surface area (TPSA) is 69.4 Å². The largest absolute Gasteiger partial charge is 0.377 e. The Kier molecular flexibility index (Phi) is 4.63. The fraction of sp³-hybridized carbons (Fsp3) is 1.00. The van der Waals surface area contributed by atoms with Gasteiger partial charge in [-0.1, -0.05) is 6.92 Å². The van der Waals surface area contributed by atoms with Gasteiger partial charge in [0.15, 0.2) is 0 Å². The molecule has 1 atom stereocenters. The predicted molar refractivity (Wildman–Crippen MR) is 43.7 cm³/mol. The highest BCUT2D eigenvalue weighted by molar-refractivity contribution is 7.89. The van der Waals surface area contributed by atoms with Gasteiger partial charge in [0.2, 0.25) is 10.0 Å². The highest BCUT2D eigenvalue weighted by Crippen LogP contribution is 1.95. The molecular weight excluding hydrogens is 166 g/mol. The summed E-state index contributed by atoms with van der Waals surface area (Å²) in [6.45, 7) is 4.05. The van der Waals surface area contributed by atoms with E-state index in [1.165, 1.54) is 0 Å². The lowest BCUT2D eigenvalue weighted by Gasteiger charge is -2.08. The van der Waals surface area contributed by atoms with E-state index >= 15 is 0 Å². The smallest absolute Gasteiger partial charge is 0.211 e. The van der Waals surface area contributed by atoms with E-state index in [1.807, 2.05) is 13.8 Å². The van der Waals surface area contributed by atoms with Gasteiger partial charge in [-0.15, -0.1) is 0 Å². The zero-order valence-electron chi connectivity index (χ0n) is 6.91. The van der Waals surface area contributed by atoms with Crippen LogP contribution in [0, 0.1) is 0 Å². The lowest BCUT2D eigenvalue weighted by molar-refractivity contribution is 0.0752. The van der Waals surface area contributed by atoms with Crippen LogP contribution >= 0.6 is 0 Å². The van der Waals surface area contributed by atoms with Crippen LogP contribution in [0.4, 0.5) is 0 Å². The first-order valence-electron chi connectivity index (χ1n) is 3.57. The molecule has 0 rings (SSSR count). The van der Waals surface area contributed by atoms with Crippen molar-refractivity contribution in [1.29, 1.82) is 0 Å². The molecule has 0 saturated heterocycles. The standard InChI is InChI=1S/C6H15NO3S/c1-3-6(2)10-4-5-11(7,8)9/h6H,3-5H2,1-2H3,(H2,7,8,9). The molecule has 0 fully saturated rings. The first-order valence-corrected chi connectivity index (χ1v) is 5.29. The molecule has 4 nitrogen and oxygen atoms in total. The molecule has 0 aliphatic carbocycles. The molecule has 0 aliphatic rings. The molecule has 0 aromatic heterocycles. The van der Waals surface area contributed by atoms with E-state index in [-0.39, 0.29) is 18.5 Å². The second-order valence-electron chi connectivity index (χ2n) is 2.46. The zero-order chi connectivity index (χ0) is 8.91. The van der Waals surface area contributed by atoms with Crippen LogP contribution in [0.1, 0.15) is 20.3 Å². The molecule has 0 aromatic carbocycles. The molecule has 0 radical (unpaired) electrons. The molecule has 68 valence electrons. The average Bonchev–Trinajstić information content (AvgIpc) is 1.85. The second-order valence-corrected chi connectivity index (χ2v) is 4.19. The fourth-order valence-corrected chi connectivity index (χ4v) is 0.812. The molecule has 5 heteroatoms. The minimum absolute atomic E-state index is 0.0999. The Balaban J connectivity index is 3.43. The van der Waals surface area contributed by atoms with Crippen LogP contribution in [0.3, 0.4) is 0 Å². The van der Waals surface area contributed by atoms with Crippen molar-refractivity contribution in [3.8, 4) is 0 Å². The molecule has 0 spiro atoms. The van der Waals surface area contributed by atoms with Crippen molar-refractivity contribution in [1.82, 2.24) is 0 Å². The van der Waals surface area contributed by atoms with Crippen molar-refractivity contribution >= 4 is 10.0 Å². The highest BCUT2D eigenvalue weighted by atomic mass is 32.2. The maximum absolute atomic E-state index is 10.4. The second kappa shape index (κ2) is 4.69. The summed E-state index contributed by atoms with van der Waals surface area (Å²) in [5.41, 5.74) is 0. The van der Waals surface area contributed by atoms with Crippen LogP contribution in [0.5, 0.6) is 0 Å². The Bertz CT molecular complexity index is 188. The molecular formula is C6H15NO3S. The Morgan fingerprint density at radius 2 is 2.09 bits per heavy atom. The average molecular weight is 181 g/mol. The van der Waals surface area contributed by atoms with E-state index in [4.69, 9.17) is 9.88 Å². The first kappa shape index (κ1) is 10.9. The molecule has 0 saturated carbocycles. The maximum atomic E-state index is 10.4. The Morgan fingerprint density at radius 1 is 1.55 bits per heavy atom. The van der Waals surface area contributed by atoms with Gasteiger partial charge in [0.1, 0.15) is 0 Å². The number of rotatable bonds is 5. The van der Waals surface area contributed by atoms with Crippen molar-refractivity contribution in [2.75, 3.05) is 12.4 Å². The monoisotopic (exact) mass is 181 g/mol. The van der Waals surface area contributed by atoms with E-state index in [0.29, 0.717) is 0 Å². The molecule has 0 heterocycles. The number of nitrogens with two attached hydrogens (primary N) is 1. The maximum Gasteiger partial charge on any atom is 0.211 e. The van der Waals surface area contributed by atoms with E-state index < -0.39 is 10.0 Å². The van der Waals surface area contributed by atoms with Gasteiger partial charge in [0, 0.05) is 0 Å². The third kappa shape index (κ3) is 7.77. The third-order valence-electron chi connectivity index (χ3n) is 1.35. The summed E-state index contributed by atoms with van der Waals surface area (Å²) >= 11 is 0. The molecule has 0 aliphatic heterocycles. The van der Waals surface area contributed by atoms with Crippen molar-refractivity contribution in [3.05, 3.63) is 0 Å². The molecule has 2 N–H and O–H groups in total. The number of primary sulfonamides is 1. The Morgan fingerprint density at radius 3 is 2.45 bits per heavy atom.